The maximum atomic E-state index is 12.2. The topological polar surface area (TPSA) is 45.2 Å². The van der Waals surface area contributed by atoms with Crippen LogP contribution >= 0.6 is 0 Å². The van der Waals surface area contributed by atoms with Gasteiger partial charge in [0.15, 0.2) is 0 Å². The van der Waals surface area contributed by atoms with Crippen LogP contribution in [0.3, 0.4) is 0 Å². The Morgan fingerprint density at radius 2 is 2.05 bits per heavy atom. The predicted molar refractivity (Wildman–Crippen MR) is 83.1 cm³/mol. The fourth-order valence-electron chi connectivity index (χ4n) is 2.70. The van der Waals surface area contributed by atoms with Gasteiger partial charge < -0.3 is 10.2 Å². The summed E-state index contributed by atoms with van der Waals surface area (Å²) in [6.45, 7) is 5.46. The van der Waals surface area contributed by atoms with Gasteiger partial charge in [-0.15, -0.1) is 0 Å². The second-order valence-corrected chi connectivity index (χ2v) is 5.28. The van der Waals surface area contributed by atoms with Crippen molar-refractivity contribution in [2.75, 3.05) is 11.9 Å². The molecule has 4 heteroatoms. The summed E-state index contributed by atoms with van der Waals surface area (Å²) in [6.07, 6.45) is 1.70. The molecule has 1 aliphatic heterocycles. The summed E-state index contributed by atoms with van der Waals surface area (Å²) >= 11 is 0. The largest absolute Gasteiger partial charge is 0.363 e. The molecule has 0 bridgehead atoms. The van der Waals surface area contributed by atoms with Gasteiger partial charge in [-0.25, -0.2) is 4.98 Å². The number of rotatable bonds is 4. The molecule has 4 nitrogen and oxygen atoms in total. The molecule has 0 unspecified atom stereocenters. The Labute approximate surface area is 124 Å². The molecule has 1 aromatic heterocycles. The number of pyridine rings is 1. The van der Waals surface area contributed by atoms with Gasteiger partial charge in [-0.2, -0.15) is 0 Å². The van der Waals surface area contributed by atoms with Gasteiger partial charge >= 0.3 is 0 Å². The van der Waals surface area contributed by atoms with Crippen molar-refractivity contribution in [3.8, 4) is 0 Å². The molecule has 1 N–H and O–H groups in total. The monoisotopic (exact) mass is 281 g/mol. The maximum absolute atomic E-state index is 12.2. The third-order valence-corrected chi connectivity index (χ3v) is 3.96. The highest BCUT2D eigenvalue weighted by Crippen LogP contribution is 2.29. The second-order valence-electron chi connectivity index (χ2n) is 5.28. The summed E-state index contributed by atoms with van der Waals surface area (Å²) in [7, 11) is 0. The number of carbonyl (C=O) groups is 1. The van der Waals surface area contributed by atoms with Gasteiger partial charge in [0.05, 0.1) is 6.54 Å². The number of hydrogen-bond donors (Lipinski definition) is 1. The van der Waals surface area contributed by atoms with E-state index in [1.54, 1.807) is 6.20 Å². The summed E-state index contributed by atoms with van der Waals surface area (Å²) in [4.78, 5) is 18.5. The number of carbonyl (C=O) groups excluding carboxylic acids is 1. The smallest absolute Gasteiger partial charge is 0.254 e. The first-order chi connectivity index (χ1) is 10.2. The number of anilines is 1. The number of nitrogens with zero attached hydrogens (tertiary/aromatic N) is 2. The first-order valence-corrected chi connectivity index (χ1v) is 7.29. The van der Waals surface area contributed by atoms with E-state index in [4.69, 9.17) is 0 Å². The first-order valence-electron chi connectivity index (χ1n) is 7.29. The lowest BCUT2D eigenvalue weighted by Crippen LogP contribution is -2.22. The van der Waals surface area contributed by atoms with Gasteiger partial charge in [-0.3, -0.25) is 4.79 Å². The van der Waals surface area contributed by atoms with E-state index in [-0.39, 0.29) is 11.9 Å². The fraction of sp³-hybridized carbons (Fsp3) is 0.294. The van der Waals surface area contributed by atoms with Gasteiger partial charge in [0.25, 0.3) is 5.91 Å². The zero-order valence-electron chi connectivity index (χ0n) is 12.3. The minimum absolute atomic E-state index is 0.102. The molecule has 0 spiro atoms. The maximum Gasteiger partial charge on any atom is 0.254 e. The number of amides is 1. The molecule has 108 valence electrons. The van der Waals surface area contributed by atoms with Crippen molar-refractivity contribution in [2.24, 2.45) is 0 Å². The summed E-state index contributed by atoms with van der Waals surface area (Å²) in [5.41, 5.74) is 2.98. The average molecular weight is 281 g/mol. The van der Waals surface area contributed by atoms with Crippen molar-refractivity contribution in [3.63, 3.8) is 0 Å². The molecule has 3 rings (SSSR count). The molecule has 0 saturated carbocycles. The molecule has 0 fully saturated rings. The van der Waals surface area contributed by atoms with Crippen LogP contribution in [-0.2, 0) is 6.54 Å². The van der Waals surface area contributed by atoms with Crippen LogP contribution in [-0.4, -0.2) is 22.3 Å². The third-order valence-electron chi connectivity index (χ3n) is 3.96. The van der Waals surface area contributed by atoms with Crippen molar-refractivity contribution >= 4 is 11.7 Å². The van der Waals surface area contributed by atoms with Crippen LogP contribution in [0.5, 0.6) is 0 Å². The van der Waals surface area contributed by atoms with Crippen molar-refractivity contribution in [1.29, 1.82) is 0 Å². The molecule has 1 aromatic carbocycles. The standard InChI is InChI=1S/C17H19N3O/c1-3-20-11-15-14(17(20)21)9-10-18-16(15)19-12(2)13-7-5-4-6-8-13/h4-10,12H,3,11H2,1-2H3,(H,18,19)/t12-/m0/s1. The first kappa shape index (κ1) is 13.6. The highest BCUT2D eigenvalue weighted by atomic mass is 16.2. The molecule has 2 heterocycles. The van der Waals surface area contributed by atoms with Gasteiger partial charge in [-0.05, 0) is 25.5 Å². The summed E-state index contributed by atoms with van der Waals surface area (Å²) in [5, 5.41) is 3.43. The van der Waals surface area contributed by atoms with Crippen molar-refractivity contribution in [1.82, 2.24) is 9.88 Å². The molecule has 2 aromatic rings. The van der Waals surface area contributed by atoms with Crippen LogP contribution in [0.4, 0.5) is 5.82 Å². The molecule has 0 radical (unpaired) electrons. The molecule has 0 aliphatic carbocycles. The Kier molecular flexibility index (Phi) is 3.60. The quantitative estimate of drug-likeness (QED) is 0.935. The highest BCUT2D eigenvalue weighted by Gasteiger charge is 2.29. The minimum atomic E-state index is 0.102. The molecule has 21 heavy (non-hydrogen) atoms. The van der Waals surface area contributed by atoms with E-state index in [2.05, 4.69) is 29.4 Å². The van der Waals surface area contributed by atoms with E-state index >= 15 is 0 Å². The Hall–Kier alpha value is -2.36. The summed E-state index contributed by atoms with van der Waals surface area (Å²) < 4.78 is 0. The van der Waals surface area contributed by atoms with E-state index in [0.29, 0.717) is 6.54 Å². The fourth-order valence-corrected chi connectivity index (χ4v) is 2.70. The Balaban J connectivity index is 1.87. The lowest BCUT2D eigenvalue weighted by molar-refractivity contribution is 0.0787. The van der Waals surface area contributed by atoms with Crippen LogP contribution in [0.2, 0.25) is 0 Å². The minimum Gasteiger partial charge on any atom is -0.363 e. The van der Waals surface area contributed by atoms with Gasteiger partial charge in [0.1, 0.15) is 5.82 Å². The lowest BCUT2D eigenvalue weighted by atomic mass is 10.1. The Morgan fingerprint density at radius 1 is 1.29 bits per heavy atom. The van der Waals surface area contributed by atoms with Crippen molar-refractivity contribution < 1.29 is 4.79 Å². The zero-order chi connectivity index (χ0) is 14.8. The number of nitrogens with one attached hydrogen (secondary N) is 1. The van der Waals surface area contributed by atoms with Gasteiger partial charge in [0, 0.05) is 29.9 Å². The van der Waals surface area contributed by atoms with E-state index in [1.165, 1.54) is 5.56 Å². The van der Waals surface area contributed by atoms with Crippen LogP contribution in [0, 0.1) is 0 Å². The average Bonchev–Trinajstić information content (AvgIpc) is 2.86. The Bertz CT molecular complexity index is 654. The van der Waals surface area contributed by atoms with E-state index in [0.717, 1.165) is 23.5 Å². The van der Waals surface area contributed by atoms with Gasteiger partial charge in [-0.1, -0.05) is 30.3 Å². The highest BCUT2D eigenvalue weighted by molar-refractivity contribution is 5.99. The Morgan fingerprint density at radius 3 is 2.76 bits per heavy atom. The molecule has 1 aliphatic rings. The van der Waals surface area contributed by atoms with Crippen LogP contribution in [0.1, 0.15) is 41.4 Å². The summed E-state index contributed by atoms with van der Waals surface area (Å²) in [6, 6.07) is 12.2. The van der Waals surface area contributed by atoms with E-state index in [9.17, 15) is 4.79 Å². The number of fused-ring (bicyclic) bond motifs is 1. The van der Waals surface area contributed by atoms with Crippen molar-refractivity contribution in [2.45, 2.75) is 26.4 Å². The normalized spacial score (nSPS) is 15.0. The molecule has 1 amide bonds. The SMILES string of the molecule is CCN1Cc2c(ccnc2N[C@@H](C)c2ccccc2)C1=O. The molecular weight excluding hydrogens is 262 g/mol. The van der Waals surface area contributed by atoms with Crippen LogP contribution < -0.4 is 5.32 Å². The van der Waals surface area contributed by atoms with Crippen LogP contribution in [0.15, 0.2) is 42.6 Å². The summed E-state index contributed by atoms with van der Waals surface area (Å²) in [5.74, 6) is 0.915. The lowest BCUT2D eigenvalue weighted by Gasteiger charge is -2.17. The number of benzene rings is 1. The molecular formula is C17H19N3O. The van der Waals surface area contributed by atoms with Gasteiger partial charge in [0.2, 0.25) is 0 Å². The third kappa shape index (κ3) is 2.49. The van der Waals surface area contributed by atoms with E-state index < -0.39 is 0 Å². The second kappa shape index (κ2) is 5.56. The van der Waals surface area contributed by atoms with Crippen LogP contribution in [0.25, 0.3) is 0 Å². The predicted octanol–water partition coefficient (Wildman–Crippen LogP) is 3.23. The molecule has 0 saturated heterocycles. The van der Waals surface area contributed by atoms with E-state index in [1.807, 2.05) is 36.1 Å². The number of aromatic nitrogens is 1. The molecule has 1 atom stereocenters. The number of hydrogen-bond acceptors (Lipinski definition) is 3. The zero-order valence-corrected chi connectivity index (χ0v) is 12.3. The van der Waals surface area contributed by atoms with Crippen molar-refractivity contribution in [3.05, 3.63) is 59.3 Å².